The fourth-order valence-corrected chi connectivity index (χ4v) is 3.02. The first kappa shape index (κ1) is 17.8. The molecule has 8 heteroatoms. The predicted molar refractivity (Wildman–Crippen MR) is 93.4 cm³/mol. The van der Waals surface area contributed by atoms with Crippen LogP contribution in [0.2, 0.25) is 0 Å². The molecule has 0 saturated heterocycles. The topological polar surface area (TPSA) is 127 Å². The Kier molecular flexibility index (Phi) is 5.13. The lowest BCUT2D eigenvalue weighted by Crippen LogP contribution is -2.50. The highest BCUT2D eigenvalue weighted by molar-refractivity contribution is 5.95. The van der Waals surface area contributed by atoms with E-state index < -0.39 is 11.5 Å². The van der Waals surface area contributed by atoms with E-state index in [0.29, 0.717) is 18.4 Å². The Morgan fingerprint density at radius 3 is 2.62 bits per heavy atom. The van der Waals surface area contributed by atoms with E-state index in [-0.39, 0.29) is 36.6 Å². The van der Waals surface area contributed by atoms with Crippen molar-refractivity contribution < 1.29 is 19.4 Å². The summed E-state index contributed by atoms with van der Waals surface area (Å²) in [7, 11) is 0. The third kappa shape index (κ3) is 4.15. The molecule has 26 heavy (non-hydrogen) atoms. The molecule has 1 aliphatic rings. The van der Waals surface area contributed by atoms with Gasteiger partial charge in [-0.1, -0.05) is 18.2 Å². The molecule has 0 unspecified atom stereocenters. The maximum atomic E-state index is 11.9. The molecule has 0 atom stereocenters. The number of hydrogen-bond donors (Lipinski definition) is 3. The predicted octanol–water partition coefficient (Wildman–Crippen LogP) is 0.985. The number of nitrogens with zero attached hydrogens (tertiary/aromatic N) is 2. The first-order chi connectivity index (χ1) is 12.5. The second-order valence-electron chi connectivity index (χ2n) is 6.43. The highest BCUT2D eigenvalue weighted by Gasteiger charge is 2.43. The molecule has 1 heterocycles. The maximum Gasteiger partial charge on any atom is 0.338 e. The summed E-state index contributed by atoms with van der Waals surface area (Å²) >= 11 is 0. The van der Waals surface area contributed by atoms with Gasteiger partial charge in [0.05, 0.1) is 17.8 Å². The highest BCUT2D eigenvalue weighted by atomic mass is 16.5. The molecular weight excluding hydrogens is 336 g/mol. The van der Waals surface area contributed by atoms with Gasteiger partial charge in [0.15, 0.2) is 11.5 Å². The Labute approximate surface area is 150 Å². The Bertz CT molecular complexity index is 791. The van der Waals surface area contributed by atoms with Crippen molar-refractivity contribution >= 4 is 17.7 Å². The monoisotopic (exact) mass is 356 g/mol. The number of esters is 1. The van der Waals surface area contributed by atoms with E-state index in [9.17, 15) is 14.7 Å². The molecule has 1 aliphatic carbocycles. The van der Waals surface area contributed by atoms with Gasteiger partial charge in [-0.3, -0.25) is 4.79 Å². The molecule has 1 amide bonds. The van der Waals surface area contributed by atoms with Crippen LogP contribution in [0.1, 0.15) is 33.7 Å². The van der Waals surface area contributed by atoms with Gasteiger partial charge in [0, 0.05) is 18.9 Å². The summed E-state index contributed by atoms with van der Waals surface area (Å²) in [5.74, 6) is -0.726. The molecule has 1 saturated carbocycles. The molecule has 1 aromatic carbocycles. The van der Waals surface area contributed by atoms with E-state index in [1.54, 1.807) is 24.3 Å². The van der Waals surface area contributed by atoms with Crippen molar-refractivity contribution in [3.63, 3.8) is 0 Å². The van der Waals surface area contributed by atoms with E-state index in [0.717, 1.165) is 0 Å². The SMILES string of the molecule is NC(=O)c1nccnc1NCC1(O)CC(COC(=O)c2ccccc2)C1. The van der Waals surface area contributed by atoms with Crippen molar-refractivity contribution in [2.75, 3.05) is 18.5 Å². The van der Waals surface area contributed by atoms with Crippen molar-refractivity contribution in [1.82, 2.24) is 9.97 Å². The molecule has 136 valence electrons. The number of hydrogen-bond acceptors (Lipinski definition) is 7. The molecule has 0 spiro atoms. The number of amides is 1. The van der Waals surface area contributed by atoms with Crippen LogP contribution >= 0.6 is 0 Å². The number of rotatable bonds is 7. The third-order valence-corrected chi connectivity index (χ3v) is 4.31. The van der Waals surface area contributed by atoms with Crippen LogP contribution in [-0.2, 0) is 4.74 Å². The Balaban J connectivity index is 1.45. The molecule has 1 aromatic heterocycles. The number of carbonyl (C=O) groups excluding carboxylic acids is 2. The zero-order valence-electron chi connectivity index (χ0n) is 14.1. The van der Waals surface area contributed by atoms with Gasteiger partial charge in [0.1, 0.15) is 0 Å². The number of nitrogens with one attached hydrogen (secondary N) is 1. The van der Waals surface area contributed by atoms with E-state index in [1.165, 1.54) is 12.4 Å². The summed E-state index contributed by atoms with van der Waals surface area (Å²) in [4.78, 5) is 31.1. The minimum Gasteiger partial charge on any atom is -0.462 e. The zero-order chi connectivity index (χ0) is 18.6. The second-order valence-corrected chi connectivity index (χ2v) is 6.43. The van der Waals surface area contributed by atoms with E-state index in [4.69, 9.17) is 10.5 Å². The Hall–Kier alpha value is -3.00. The first-order valence-corrected chi connectivity index (χ1v) is 8.26. The van der Waals surface area contributed by atoms with Crippen molar-refractivity contribution in [2.24, 2.45) is 11.7 Å². The van der Waals surface area contributed by atoms with Crippen molar-refractivity contribution in [1.29, 1.82) is 0 Å². The number of ether oxygens (including phenoxy) is 1. The van der Waals surface area contributed by atoms with Crippen LogP contribution in [0.25, 0.3) is 0 Å². The highest BCUT2D eigenvalue weighted by Crippen LogP contribution is 2.38. The fraction of sp³-hybridized carbons (Fsp3) is 0.333. The zero-order valence-corrected chi connectivity index (χ0v) is 14.1. The number of aliphatic hydroxyl groups is 1. The lowest BCUT2D eigenvalue weighted by atomic mass is 9.71. The molecule has 8 nitrogen and oxygen atoms in total. The molecule has 2 aromatic rings. The van der Waals surface area contributed by atoms with Crippen molar-refractivity contribution in [3.8, 4) is 0 Å². The third-order valence-electron chi connectivity index (χ3n) is 4.31. The quantitative estimate of drug-likeness (QED) is 0.631. The Morgan fingerprint density at radius 2 is 1.92 bits per heavy atom. The lowest BCUT2D eigenvalue weighted by molar-refractivity contribution is -0.0796. The number of carbonyl (C=O) groups is 2. The van der Waals surface area contributed by atoms with E-state index in [1.807, 2.05) is 6.07 Å². The summed E-state index contributed by atoms with van der Waals surface area (Å²) in [6.45, 7) is 0.461. The fourth-order valence-electron chi connectivity index (χ4n) is 3.02. The van der Waals surface area contributed by atoms with Crippen molar-refractivity contribution in [2.45, 2.75) is 18.4 Å². The molecule has 4 N–H and O–H groups in total. The summed E-state index contributed by atoms with van der Waals surface area (Å²) in [6.07, 6.45) is 3.77. The minimum atomic E-state index is -0.948. The molecule has 3 rings (SSSR count). The molecular formula is C18H20N4O4. The van der Waals surface area contributed by atoms with Gasteiger partial charge in [-0.15, -0.1) is 0 Å². The number of aromatic nitrogens is 2. The number of anilines is 1. The maximum absolute atomic E-state index is 11.9. The van der Waals surface area contributed by atoms with Crippen LogP contribution in [0.5, 0.6) is 0 Å². The molecule has 0 aliphatic heterocycles. The summed E-state index contributed by atoms with van der Waals surface area (Å²) in [6, 6.07) is 8.77. The molecule has 1 fully saturated rings. The summed E-state index contributed by atoms with van der Waals surface area (Å²) < 4.78 is 5.28. The minimum absolute atomic E-state index is 0.0313. The van der Waals surface area contributed by atoms with Crippen molar-refractivity contribution in [3.05, 3.63) is 54.0 Å². The molecule has 0 radical (unpaired) electrons. The van der Waals surface area contributed by atoms with Gasteiger partial charge in [0.2, 0.25) is 0 Å². The van der Waals surface area contributed by atoms with Gasteiger partial charge in [-0.2, -0.15) is 0 Å². The van der Waals surface area contributed by atoms with Gasteiger partial charge in [0.25, 0.3) is 5.91 Å². The van der Waals surface area contributed by atoms with E-state index in [2.05, 4.69) is 15.3 Å². The number of nitrogens with two attached hydrogens (primary N) is 1. The van der Waals surface area contributed by atoms with Crippen LogP contribution in [0.4, 0.5) is 5.82 Å². The lowest BCUT2D eigenvalue weighted by Gasteiger charge is -2.43. The largest absolute Gasteiger partial charge is 0.462 e. The van der Waals surface area contributed by atoms with Gasteiger partial charge >= 0.3 is 5.97 Å². The van der Waals surface area contributed by atoms with Crippen LogP contribution in [-0.4, -0.2) is 45.7 Å². The van der Waals surface area contributed by atoms with Crippen LogP contribution < -0.4 is 11.1 Å². The number of primary amides is 1. The molecule has 0 bridgehead atoms. The average molecular weight is 356 g/mol. The van der Waals surface area contributed by atoms with Crippen LogP contribution in [0.15, 0.2) is 42.7 Å². The first-order valence-electron chi connectivity index (χ1n) is 8.26. The Morgan fingerprint density at radius 1 is 1.23 bits per heavy atom. The summed E-state index contributed by atoms with van der Waals surface area (Å²) in [5, 5.41) is 13.4. The smallest absolute Gasteiger partial charge is 0.338 e. The van der Waals surface area contributed by atoms with Crippen LogP contribution in [0.3, 0.4) is 0 Å². The van der Waals surface area contributed by atoms with E-state index >= 15 is 0 Å². The normalized spacial score (nSPS) is 21.5. The standard InChI is InChI=1S/C18H20N4O4/c19-15(23)14-16(21-7-6-20-14)22-11-18(25)8-12(9-18)10-26-17(24)13-4-2-1-3-5-13/h1-7,12,25H,8-11H2,(H2,19,23)(H,21,22). The summed E-state index contributed by atoms with van der Waals surface area (Å²) in [5.41, 5.74) is 4.83. The van der Waals surface area contributed by atoms with Gasteiger partial charge in [-0.25, -0.2) is 14.8 Å². The average Bonchev–Trinajstić information content (AvgIpc) is 2.63. The number of benzene rings is 1. The second kappa shape index (κ2) is 7.49. The van der Waals surface area contributed by atoms with Gasteiger partial charge in [-0.05, 0) is 30.9 Å². The van der Waals surface area contributed by atoms with Gasteiger partial charge < -0.3 is 20.9 Å². The van der Waals surface area contributed by atoms with Crippen LogP contribution in [0, 0.1) is 5.92 Å².